The lowest BCUT2D eigenvalue weighted by atomic mass is 10.0. The molecule has 5 heteroatoms. The van der Waals surface area contributed by atoms with Crippen molar-refractivity contribution in [3.63, 3.8) is 0 Å². The third-order valence-electron chi connectivity index (χ3n) is 4.35. The van der Waals surface area contributed by atoms with Gasteiger partial charge in [0.05, 0.1) is 11.7 Å². The molecule has 1 aromatic rings. The van der Waals surface area contributed by atoms with Gasteiger partial charge in [0.1, 0.15) is 0 Å². The van der Waals surface area contributed by atoms with Gasteiger partial charge in [-0.1, -0.05) is 6.92 Å². The molecule has 2 heterocycles. The van der Waals surface area contributed by atoms with Crippen LogP contribution in [0.4, 0.5) is 0 Å². The van der Waals surface area contributed by atoms with Crippen LogP contribution in [0.25, 0.3) is 0 Å². The maximum absolute atomic E-state index is 6.12. The summed E-state index contributed by atoms with van der Waals surface area (Å²) in [6, 6.07) is 0.820. The van der Waals surface area contributed by atoms with Crippen LogP contribution in [0.1, 0.15) is 37.6 Å². The summed E-state index contributed by atoms with van der Waals surface area (Å²) in [6.07, 6.45) is 4.32. The van der Waals surface area contributed by atoms with Gasteiger partial charge in [-0.3, -0.25) is 9.58 Å². The van der Waals surface area contributed by atoms with E-state index >= 15 is 0 Å². The topological polar surface area (TPSA) is 50.3 Å². The minimum absolute atomic E-state index is 0.292. The quantitative estimate of drug-likeness (QED) is 0.893. The van der Waals surface area contributed by atoms with Crippen LogP contribution in [0.3, 0.4) is 0 Å². The number of hydrogen-bond acceptors (Lipinski definition) is 4. The summed E-state index contributed by atoms with van der Waals surface area (Å²) < 4.78 is 1.92. The van der Waals surface area contributed by atoms with Crippen LogP contribution in [0.5, 0.6) is 0 Å². The number of likely N-dealkylation sites (N-methyl/N-ethyl adjacent to an activating group) is 1. The molecule has 2 rings (SSSR count). The lowest BCUT2D eigenvalue weighted by molar-refractivity contribution is 0.145. The summed E-state index contributed by atoms with van der Waals surface area (Å²) in [4.78, 5) is 4.99. The summed E-state index contributed by atoms with van der Waals surface area (Å²) in [5.74, 6) is 0. The number of nitrogens with two attached hydrogens (primary N) is 1. The maximum Gasteiger partial charge on any atom is 0.0670 e. The summed E-state index contributed by atoms with van der Waals surface area (Å²) in [5.41, 5.74) is 8.63. The first-order valence-electron chi connectivity index (χ1n) is 7.73. The first-order valence-corrected chi connectivity index (χ1v) is 7.73. The molecule has 1 fully saturated rings. The summed E-state index contributed by atoms with van der Waals surface area (Å²) in [6.45, 7) is 8.54. The van der Waals surface area contributed by atoms with E-state index < -0.39 is 0 Å². The van der Waals surface area contributed by atoms with Crippen LogP contribution < -0.4 is 5.73 Å². The van der Waals surface area contributed by atoms with Gasteiger partial charge in [0.25, 0.3) is 0 Å². The van der Waals surface area contributed by atoms with E-state index in [1.807, 2.05) is 11.7 Å². The highest BCUT2D eigenvalue weighted by atomic mass is 15.3. The molecule has 0 amide bonds. The average molecular weight is 279 g/mol. The van der Waals surface area contributed by atoms with Crippen molar-refractivity contribution in [1.82, 2.24) is 19.6 Å². The predicted octanol–water partition coefficient (Wildman–Crippen LogP) is 1.01. The number of rotatable bonds is 4. The molecular formula is C15H29N5. The van der Waals surface area contributed by atoms with Crippen LogP contribution in [-0.4, -0.2) is 58.8 Å². The third-order valence-corrected chi connectivity index (χ3v) is 4.35. The molecule has 0 saturated carbocycles. The first kappa shape index (κ1) is 15.5. The fourth-order valence-electron chi connectivity index (χ4n) is 3.40. The minimum Gasteiger partial charge on any atom is -0.329 e. The second-order valence-corrected chi connectivity index (χ2v) is 6.01. The highest BCUT2D eigenvalue weighted by molar-refractivity contribution is 5.22. The van der Waals surface area contributed by atoms with E-state index in [-0.39, 0.29) is 0 Å². The molecule has 1 saturated heterocycles. The molecule has 114 valence electrons. The van der Waals surface area contributed by atoms with E-state index in [4.69, 9.17) is 5.73 Å². The summed E-state index contributed by atoms with van der Waals surface area (Å²) in [5, 5.41) is 4.58. The highest BCUT2D eigenvalue weighted by Crippen LogP contribution is 2.26. The van der Waals surface area contributed by atoms with E-state index in [1.54, 1.807) is 0 Å². The van der Waals surface area contributed by atoms with Gasteiger partial charge in [0.15, 0.2) is 0 Å². The molecule has 0 radical (unpaired) electrons. The molecule has 1 aromatic heterocycles. The van der Waals surface area contributed by atoms with E-state index in [0.717, 1.165) is 19.5 Å². The Bertz CT molecular complexity index is 428. The molecule has 1 aliphatic rings. The zero-order valence-corrected chi connectivity index (χ0v) is 13.3. The van der Waals surface area contributed by atoms with Crippen molar-refractivity contribution >= 4 is 0 Å². The predicted molar refractivity (Wildman–Crippen MR) is 82.7 cm³/mol. The van der Waals surface area contributed by atoms with Crippen molar-refractivity contribution in [2.75, 3.05) is 33.2 Å². The van der Waals surface area contributed by atoms with E-state index in [0.29, 0.717) is 18.6 Å². The number of hydrogen-bond donors (Lipinski definition) is 1. The SMILES string of the molecule is CCc1nn(C)cc1C(CN)N1CCCN(C)CC1C. The lowest BCUT2D eigenvalue weighted by Crippen LogP contribution is -2.43. The molecule has 0 aromatic carbocycles. The normalized spacial score (nSPS) is 23.8. The largest absolute Gasteiger partial charge is 0.329 e. The van der Waals surface area contributed by atoms with E-state index in [9.17, 15) is 0 Å². The van der Waals surface area contributed by atoms with Crippen LogP contribution in [-0.2, 0) is 13.5 Å². The first-order chi connectivity index (χ1) is 9.56. The number of nitrogens with zero attached hydrogens (tertiary/aromatic N) is 4. The van der Waals surface area contributed by atoms with E-state index in [1.165, 1.54) is 24.2 Å². The Morgan fingerprint density at radius 3 is 2.80 bits per heavy atom. The van der Waals surface area contributed by atoms with Crippen molar-refractivity contribution in [2.24, 2.45) is 12.8 Å². The molecular weight excluding hydrogens is 250 g/mol. The smallest absolute Gasteiger partial charge is 0.0670 e. The van der Waals surface area contributed by atoms with Crippen LogP contribution in [0.2, 0.25) is 0 Å². The molecule has 1 aliphatic heterocycles. The van der Waals surface area contributed by atoms with Gasteiger partial charge in [-0.25, -0.2) is 0 Å². The Kier molecular flexibility index (Phi) is 5.18. The highest BCUT2D eigenvalue weighted by Gasteiger charge is 2.29. The van der Waals surface area contributed by atoms with Crippen LogP contribution in [0.15, 0.2) is 6.20 Å². The van der Waals surface area contributed by atoms with Crippen LogP contribution in [0, 0.1) is 0 Å². The maximum atomic E-state index is 6.12. The molecule has 2 unspecified atom stereocenters. The van der Waals surface area contributed by atoms with Crippen molar-refractivity contribution in [1.29, 1.82) is 0 Å². The Morgan fingerprint density at radius 1 is 1.40 bits per heavy atom. The van der Waals surface area contributed by atoms with Gasteiger partial charge in [0, 0.05) is 44.5 Å². The summed E-state index contributed by atoms with van der Waals surface area (Å²) in [7, 11) is 4.20. The molecule has 2 N–H and O–H groups in total. The number of aromatic nitrogens is 2. The van der Waals surface area contributed by atoms with Crippen molar-refractivity contribution < 1.29 is 0 Å². The van der Waals surface area contributed by atoms with Gasteiger partial charge >= 0.3 is 0 Å². The Balaban J connectivity index is 2.26. The monoisotopic (exact) mass is 279 g/mol. The van der Waals surface area contributed by atoms with E-state index in [2.05, 4.69) is 42.0 Å². The minimum atomic E-state index is 0.292. The molecule has 0 bridgehead atoms. The van der Waals surface area contributed by atoms with Gasteiger partial charge < -0.3 is 10.6 Å². The molecule has 5 nitrogen and oxygen atoms in total. The summed E-state index contributed by atoms with van der Waals surface area (Å²) >= 11 is 0. The Labute approximate surface area is 122 Å². The van der Waals surface area contributed by atoms with Gasteiger partial charge in [-0.15, -0.1) is 0 Å². The molecule has 0 spiro atoms. The van der Waals surface area contributed by atoms with Crippen molar-refractivity contribution in [2.45, 2.75) is 38.8 Å². The standard InChI is InChI=1S/C15H29N5/c1-5-14-13(11-19(4)17-14)15(9-16)20-8-6-7-18(3)10-12(20)2/h11-12,15H,5-10,16H2,1-4H3. The molecule has 20 heavy (non-hydrogen) atoms. The Morgan fingerprint density at radius 2 is 2.15 bits per heavy atom. The van der Waals surface area contributed by atoms with Crippen molar-refractivity contribution in [3.8, 4) is 0 Å². The molecule has 2 atom stereocenters. The second-order valence-electron chi connectivity index (χ2n) is 6.01. The lowest BCUT2D eigenvalue weighted by Gasteiger charge is -2.35. The van der Waals surface area contributed by atoms with Crippen molar-refractivity contribution in [3.05, 3.63) is 17.5 Å². The number of aryl methyl sites for hydroxylation is 2. The molecule has 0 aliphatic carbocycles. The fourth-order valence-corrected chi connectivity index (χ4v) is 3.40. The second kappa shape index (κ2) is 6.70. The fraction of sp³-hybridized carbons (Fsp3) is 0.800. The van der Waals surface area contributed by atoms with Gasteiger partial charge in [-0.05, 0) is 33.4 Å². The van der Waals surface area contributed by atoms with Crippen LogP contribution >= 0.6 is 0 Å². The Hall–Kier alpha value is -0.910. The third kappa shape index (κ3) is 3.22. The van der Waals surface area contributed by atoms with Gasteiger partial charge in [0.2, 0.25) is 0 Å². The van der Waals surface area contributed by atoms with Gasteiger partial charge in [-0.2, -0.15) is 5.10 Å². The average Bonchev–Trinajstić information content (AvgIpc) is 2.69. The zero-order chi connectivity index (χ0) is 14.7. The zero-order valence-electron chi connectivity index (χ0n) is 13.3.